The SMILES string of the molecule is Cc1cc(CNc2c([N+](=O)[O-])ncn2C)ccc1F. The lowest BCUT2D eigenvalue weighted by molar-refractivity contribution is -0.388. The van der Waals surface area contributed by atoms with Crippen LogP contribution in [0.25, 0.3) is 0 Å². The fourth-order valence-electron chi connectivity index (χ4n) is 1.76. The molecule has 0 aliphatic carbocycles. The predicted molar refractivity (Wildman–Crippen MR) is 68.3 cm³/mol. The summed E-state index contributed by atoms with van der Waals surface area (Å²) >= 11 is 0. The molecule has 0 aliphatic heterocycles. The largest absolute Gasteiger partial charge is 0.406 e. The molecule has 2 rings (SSSR count). The lowest BCUT2D eigenvalue weighted by atomic mass is 10.1. The maximum absolute atomic E-state index is 13.1. The Hall–Kier alpha value is -2.44. The molecule has 19 heavy (non-hydrogen) atoms. The number of anilines is 1. The van der Waals surface area contributed by atoms with Crippen LogP contribution in [0.4, 0.5) is 16.0 Å². The highest BCUT2D eigenvalue weighted by molar-refractivity contribution is 5.52. The average molecular weight is 264 g/mol. The molecule has 1 aromatic heterocycles. The topological polar surface area (TPSA) is 73.0 Å². The fourth-order valence-corrected chi connectivity index (χ4v) is 1.76. The van der Waals surface area contributed by atoms with Crippen LogP contribution in [-0.4, -0.2) is 14.5 Å². The molecular weight excluding hydrogens is 251 g/mol. The Labute approximate surface area is 109 Å². The molecular formula is C12H13FN4O2. The first-order valence-corrected chi connectivity index (χ1v) is 5.63. The predicted octanol–water partition coefficient (Wildman–Crippen LogP) is 2.39. The zero-order chi connectivity index (χ0) is 14.0. The average Bonchev–Trinajstić information content (AvgIpc) is 2.72. The summed E-state index contributed by atoms with van der Waals surface area (Å²) in [5.74, 6) is -0.163. The molecule has 0 unspecified atom stereocenters. The van der Waals surface area contributed by atoms with Crippen molar-refractivity contribution in [1.82, 2.24) is 9.55 Å². The van der Waals surface area contributed by atoms with Gasteiger partial charge in [-0.1, -0.05) is 12.1 Å². The van der Waals surface area contributed by atoms with Crippen molar-refractivity contribution in [2.45, 2.75) is 13.5 Å². The number of nitrogens with zero attached hydrogens (tertiary/aromatic N) is 3. The number of benzene rings is 1. The standard InChI is InChI=1S/C12H13FN4O2/c1-8-5-9(3-4-10(8)13)6-14-11-12(17(18)19)15-7-16(11)2/h3-5,7,14H,6H2,1-2H3. The van der Waals surface area contributed by atoms with Crippen molar-refractivity contribution < 1.29 is 9.31 Å². The molecule has 0 radical (unpaired) electrons. The number of imidazole rings is 1. The molecule has 0 aliphatic rings. The number of halogens is 1. The molecule has 0 saturated carbocycles. The van der Waals surface area contributed by atoms with E-state index in [4.69, 9.17) is 0 Å². The molecule has 1 N–H and O–H groups in total. The van der Waals surface area contributed by atoms with Gasteiger partial charge in [-0.2, -0.15) is 0 Å². The van der Waals surface area contributed by atoms with Crippen molar-refractivity contribution in [3.05, 3.63) is 51.6 Å². The van der Waals surface area contributed by atoms with E-state index in [9.17, 15) is 14.5 Å². The van der Waals surface area contributed by atoms with Crippen molar-refractivity contribution in [3.8, 4) is 0 Å². The summed E-state index contributed by atoms with van der Waals surface area (Å²) in [4.78, 5) is 13.9. The first kappa shape index (κ1) is 13.0. The number of aryl methyl sites for hydroxylation is 2. The minimum atomic E-state index is -0.543. The molecule has 0 spiro atoms. The van der Waals surface area contributed by atoms with Gasteiger partial charge in [0.25, 0.3) is 0 Å². The number of hydrogen-bond acceptors (Lipinski definition) is 4. The summed E-state index contributed by atoms with van der Waals surface area (Å²) in [7, 11) is 1.66. The Morgan fingerprint density at radius 1 is 1.53 bits per heavy atom. The summed E-state index contributed by atoms with van der Waals surface area (Å²) in [6.07, 6.45) is 1.37. The van der Waals surface area contributed by atoms with Crippen molar-refractivity contribution in [2.24, 2.45) is 7.05 Å². The number of nitro groups is 1. The first-order chi connectivity index (χ1) is 8.99. The lowest BCUT2D eigenvalue weighted by Gasteiger charge is -2.07. The van der Waals surface area contributed by atoms with Crippen molar-refractivity contribution in [3.63, 3.8) is 0 Å². The van der Waals surface area contributed by atoms with E-state index < -0.39 is 4.92 Å². The van der Waals surface area contributed by atoms with E-state index in [0.29, 0.717) is 17.9 Å². The zero-order valence-electron chi connectivity index (χ0n) is 10.6. The summed E-state index contributed by atoms with van der Waals surface area (Å²) in [6.45, 7) is 2.03. The molecule has 2 aromatic rings. The summed E-state index contributed by atoms with van der Waals surface area (Å²) in [5, 5.41) is 13.7. The van der Waals surface area contributed by atoms with Gasteiger partial charge in [0.15, 0.2) is 0 Å². The highest BCUT2D eigenvalue weighted by Crippen LogP contribution is 2.22. The van der Waals surface area contributed by atoms with Crippen LogP contribution in [0.2, 0.25) is 0 Å². The summed E-state index contributed by atoms with van der Waals surface area (Å²) in [5.41, 5.74) is 1.38. The number of rotatable bonds is 4. The molecule has 1 aromatic carbocycles. The Kier molecular flexibility index (Phi) is 3.46. The Morgan fingerprint density at radius 2 is 2.26 bits per heavy atom. The van der Waals surface area contributed by atoms with Crippen molar-refractivity contribution in [2.75, 3.05) is 5.32 Å². The quantitative estimate of drug-likeness (QED) is 0.679. The van der Waals surface area contributed by atoms with Crippen molar-refractivity contribution >= 4 is 11.6 Å². The Bertz CT molecular complexity index is 624. The van der Waals surface area contributed by atoms with Gasteiger partial charge in [-0.25, -0.2) is 4.39 Å². The third-order valence-electron chi connectivity index (χ3n) is 2.77. The molecule has 0 fully saturated rings. The third kappa shape index (κ3) is 2.70. The van der Waals surface area contributed by atoms with Gasteiger partial charge in [0.1, 0.15) is 5.82 Å². The highest BCUT2D eigenvalue weighted by Gasteiger charge is 2.19. The normalized spacial score (nSPS) is 10.5. The lowest BCUT2D eigenvalue weighted by Crippen LogP contribution is -2.06. The maximum atomic E-state index is 13.1. The Balaban J connectivity index is 2.16. The van der Waals surface area contributed by atoms with Gasteiger partial charge >= 0.3 is 5.82 Å². The molecule has 6 nitrogen and oxygen atoms in total. The van der Waals surface area contributed by atoms with Gasteiger partial charge in [0.05, 0.1) is 0 Å². The smallest absolute Gasteiger partial charge is 0.360 e. The molecule has 7 heteroatoms. The van der Waals surface area contributed by atoms with E-state index in [1.54, 1.807) is 26.1 Å². The maximum Gasteiger partial charge on any atom is 0.406 e. The van der Waals surface area contributed by atoms with Gasteiger partial charge in [0, 0.05) is 13.6 Å². The van der Waals surface area contributed by atoms with Crippen LogP contribution in [0.15, 0.2) is 24.5 Å². The van der Waals surface area contributed by atoms with Crippen molar-refractivity contribution in [1.29, 1.82) is 0 Å². The molecule has 1 heterocycles. The third-order valence-corrected chi connectivity index (χ3v) is 2.77. The van der Waals surface area contributed by atoms with Crippen LogP contribution >= 0.6 is 0 Å². The van der Waals surface area contributed by atoms with E-state index in [2.05, 4.69) is 10.3 Å². The summed E-state index contributed by atoms with van der Waals surface area (Å²) in [6, 6.07) is 4.71. The van der Waals surface area contributed by atoms with Gasteiger partial charge in [0.2, 0.25) is 12.1 Å². The molecule has 0 bridgehead atoms. The molecule has 0 atom stereocenters. The Morgan fingerprint density at radius 3 is 2.89 bits per heavy atom. The van der Waals surface area contributed by atoms with E-state index in [0.717, 1.165) is 5.56 Å². The minimum absolute atomic E-state index is 0.221. The van der Waals surface area contributed by atoms with Gasteiger partial charge < -0.3 is 15.4 Å². The van der Waals surface area contributed by atoms with Crippen LogP contribution in [-0.2, 0) is 13.6 Å². The number of aromatic nitrogens is 2. The van der Waals surface area contributed by atoms with Crippen LogP contribution in [0.3, 0.4) is 0 Å². The van der Waals surface area contributed by atoms with E-state index in [-0.39, 0.29) is 11.6 Å². The van der Waals surface area contributed by atoms with E-state index >= 15 is 0 Å². The second-order valence-electron chi connectivity index (χ2n) is 4.22. The molecule has 100 valence electrons. The monoisotopic (exact) mass is 264 g/mol. The summed E-state index contributed by atoms with van der Waals surface area (Å²) < 4.78 is 14.7. The zero-order valence-corrected chi connectivity index (χ0v) is 10.6. The van der Waals surface area contributed by atoms with Crippen LogP contribution in [0, 0.1) is 22.9 Å². The number of hydrogen-bond donors (Lipinski definition) is 1. The molecule has 0 saturated heterocycles. The second kappa shape index (κ2) is 5.05. The van der Waals surface area contributed by atoms with Gasteiger partial charge in [-0.3, -0.25) is 4.57 Å². The first-order valence-electron chi connectivity index (χ1n) is 5.63. The molecule has 0 amide bonds. The van der Waals surface area contributed by atoms with Gasteiger partial charge in [-0.15, -0.1) is 0 Å². The second-order valence-corrected chi connectivity index (χ2v) is 4.22. The highest BCUT2D eigenvalue weighted by atomic mass is 19.1. The van der Waals surface area contributed by atoms with Crippen LogP contribution in [0.5, 0.6) is 0 Å². The van der Waals surface area contributed by atoms with E-state index in [1.807, 2.05) is 0 Å². The van der Waals surface area contributed by atoms with Crippen LogP contribution in [0.1, 0.15) is 11.1 Å². The van der Waals surface area contributed by atoms with E-state index in [1.165, 1.54) is 17.0 Å². The number of nitrogens with one attached hydrogen (secondary N) is 1. The minimum Gasteiger partial charge on any atom is -0.360 e. The fraction of sp³-hybridized carbons (Fsp3) is 0.250. The van der Waals surface area contributed by atoms with Crippen LogP contribution < -0.4 is 5.32 Å². The van der Waals surface area contributed by atoms with Gasteiger partial charge in [-0.05, 0) is 34.0 Å².